The molecule has 0 bridgehead atoms. The van der Waals surface area contributed by atoms with E-state index in [1.807, 2.05) is 0 Å². The van der Waals surface area contributed by atoms with E-state index in [9.17, 15) is 9.59 Å². The summed E-state index contributed by atoms with van der Waals surface area (Å²) in [7, 11) is 0. The van der Waals surface area contributed by atoms with E-state index >= 15 is 0 Å². The topological polar surface area (TPSA) is 93.2 Å². The molecule has 1 aliphatic heterocycles. The highest BCUT2D eigenvalue weighted by molar-refractivity contribution is 6.04. The Bertz CT molecular complexity index is 673. The molecule has 0 atom stereocenters. The number of nitrogens with zero attached hydrogens (tertiary/aromatic N) is 2. The minimum Gasteiger partial charge on any atom is -0.480 e. The van der Waals surface area contributed by atoms with Gasteiger partial charge in [-0.3, -0.25) is 14.6 Å². The van der Waals surface area contributed by atoms with Gasteiger partial charge >= 0.3 is 0 Å². The molecule has 2 N–H and O–H groups in total. The van der Waals surface area contributed by atoms with E-state index in [4.69, 9.17) is 4.74 Å². The van der Waals surface area contributed by atoms with Crippen molar-refractivity contribution < 1.29 is 14.3 Å². The lowest BCUT2D eigenvalue weighted by molar-refractivity contribution is -0.118. The number of amides is 2. The second kappa shape index (κ2) is 4.96. The standard InChI is InChI=1S/C13H10N4O3/c18-11-7-20-9-1-2-10(15-12(9)17-11)16-13(19)8-3-5-14-6-4-8/h1-6H,7H2,(H2,15,16,17,18,19). The average Bonchev–Trinajstić information content (AvgIpc) is 2.47. The van der Waals surface area contributed by atoms with Crippen LogP contribution in [0.5, 0.6) is 5.75 Å². The highest BCUT2D eigenvalue weighted by Gasteiger charge is 2.18. The minimum absolute atomic E-state index is 0.0304. The molecule has 0 aliphatic carbocycles. The van der Waals surface area contributed by atoms with E-state index < -0.39 is 0 Å². The number of pyridine rings is 2. The predicted molar refractivity (Wildman–Crippen MR) is 70.6 cm³/mol. The van der Waals surface area contributed by atoms with Gasteiger partial charge in [0.2, 0.25) is 0 Å². The number of carbonyl (C=O) groups excluding carboxylic acids is 2. The smallest absolute Gasteiger partial charge is 0.263 e. The number of ether oxygens (including phenoxy) is 1. The van der Waals surface area contributed by atoms with Crippen LogP contribution in [-0.4, -0.2) is 28.4 Å². The third kappa shape index (κ3) is 2.41. The largest absolute Gasteiger partial charge is 0.480 e. The van der Waals surface area contributed by atoms with Crippen LogP contribution in [0, 0.1) is 0 Å². The van der Waals surface area contributed by atoms with Gasteiger partial charge in [-0.1, -0.05) is 0 Å². The highest BCUT2D eigenvalue weighted by Crippen LogP contribution is 2.26. The fourth-order valence-electron chi connectivity index (χ4n) is 1.73. The van der Waals surface area contributed by atoms with Crippen LogP contribution in [0.4, 0.5) is 11.6 Å². The van der Waals surface area contributed by atoms with Crippen LogP contribution >= 0.6 is 0 Å². The zero-order valence-corrected chi connectivity index (χ0v) is 10.3. The second-order valence-electron chi connectivity index (χ2n) is 4.07. The Kier molecular flexibility index (Phi) is 3.00. The molecule has 0 saturated carbocycles. The van der Waals surface area contributed by atoms with Gasteiger partial charge in [0.25, 0.3) is 11.8 Å². The summed E-state index contributed by atoms with van der Waals surface area (Å²) in [5, 5.41) is 5.22. The predicted octanol–water partition coefficient (Wildman–Crippen LogP) is 1.06. The molecule has 0 fully saturated rings. The fourth-order valence-corrected chi connectivity index (χ4v) is 1.73. The van der Waals surface area contributed by atoms with E-state index in [0.717, 1.165) is 0 Å². The maximum atomic E-state index is 11.9. The summed E-state index contributed by atoms with van der Waals surface area (Å²) >= 11 is 0. The lowest BCUT2D eigenvalue weighted by Gasteiger charge is -2.17. The third-order valence-electron chi connectivity index (χ3n) is 2.66. The Hall–Kier alpha value is -2.96. The van der Waals surface area contributed by atoms with Gasteiger partial charge in [0, 0.05) is 18.0 Å². The average molecular weight is 270 g/mol. The molecule has 0 radical (unpaired) electrons. The van der Waals surface area contributed by atoms with Crippen molar-refractivity contribution in [3.05, 3.63) is 42.2 Å². The number of anilines is 2. The van der Waals surface area contributed by atoms with Gasteiger partial charge in [-0.25, -0.2) is 4.98 Å². The number of aromatic nitrogens is 2. The van der Waals surface area contributed by atoms with Crippen molar-refractivity contribution in [2.75, 3.05) is 17.2 Å². The van der Waals surface area contributed by atoms with Crippen molar-refractivity contribution >= 4 is 23.5 Å². The van der Waals surface area contributed by atoms with Gasteiger partial charge in [0.15, 0.2) is 18.2 Å². The zero-order chi connectivity index (χ0) is 13.9. The van der Waals surface area contributed by atoms with Gasteiger partial charge in [-0.05, 0) is 24.3 Å². The number of nitrogens with one attached hydrogen (secondary N) is 2. The number of rotatable bonds is 2. The van der Waals surface area contributed by atoms with Crippen LogP contribution in [0.1, 0.15) is 10.4 Å². The number of carbonyl (C=O) groups is 2. The Labute approximate surface area is 114 Å². The fraction of sp³-hybridized carbons (Fsp3) is 0.0769. The first-order chi connectivity index (χ1) is 9.72. The Morgan fingerprint density at radius 1 is 1.25 bits per heavy atom. The van der Waals surface area contributed by atoms with E-state index in [2.05, 4.69) is 20.6 Å². The quantitative estimate of drug-likeness (QED) is 0.851. The summed E-state index contributed by atoms with van der Waals surface area (Å²) in [6.45, 7) is -0.0304. The first-order valence-corrected chi connectivity index (χ1v) is 5.87. The molecular formula is C13H10N4O3. The summed E-state index contributed by atoms with van der Waals surface area (Å²) in [6, 6.07) is 6.44. The van der Waals surface area contributed by atoms with Crippen LogP contribution in [0.2, 0.25) is 0 Å². The van der Waals surface area contributed by atoms with Crippen LogP contribution in [0.3, 0.4) is 0 Å². The van der Waals surface area contributed by atoms with Gasteiger partial charge in [0.05, 0.1) is 0 Å². The van der Waals surface area contributed by atoms with Gasteiger partial charge in [0.1, 0.15) is 5.82 Å². The molecule has 0 aromatic carbocycles. The molecule has 7 heteroatoms. The maximum absolute atomic E-state index is 11.9. The summed E-state index contributed by atoms with van der Waals surface area (Å²) in [4.78, 5) is 31.1. The number of fused-ring (bicyclic) bond motifs is 1. The van der Waals surface area contributed by atoms with Gasteiger partial charge in [-0.2, -0.15) is 0 Å². The van der Waals surface area contributed by atoms with E-state index in [1.165, 1.54) is 12.4 Å². The first-order valence-electron chi connectivity index (χ1n) is 5.87. The summed E-state index contributed by atoms with van der Waals surface area (Å²) in [5.74, 6) is 0.530. The van der Waals surface area contributed by atoms with Crippen LogP contribution < -0.4 is 15.4 Å². The third-order valence-corrected chi connectivity index (χ3v) is 2.66. The molecular weight excluding hydrogens is 260 g/mol. The molecule has 0 unspecified atom stereocenters. The number of hydrogen-bond acceptors (Lipinski definition) is 5. The van der Waals surface area contributed by atoms with Gasteiger partial charge in [-0.15, -0.1) is 0 Å². The SMILES string of the molecule is O=C1COc2ccc(NC(=O)c3ccncc3)nc2N1. The number of hydrogen-bond donors (Lipinski definition) is 2. The molecule has 2 amide bonds. The normalized spacial score (nSPS) is 12.9. The lowest BCUT2D eigenvalue weighted by Crippen LogP contribution is -2.26. The Balaban J connectivity index is 1.80. The first kappa shape index (κ1) is 12.1. The maximum Gasteiger partial charge on any atom is 0.263 e. The van der Waals surface area contributed by atoms with Crippen molar-refractivity contribution in [3.8, 4) is 5.75 Å². The molecule has 7 nitrogen and oxygen atoms in total. The second-order valence-corrected chi connectivity index (χ2v) is 4.07. The zero-order valence-electron chi connectivity index (χ0n) is 10.3. The van der Waals surface area contributed by atoms with E-state index in [1.54, 1.807) is 24.3 Å². The van der Waals surface area contributed by atoms with Gasteiger partial charge < -0.3 is 15.4 Å². The van der Waals surface area contributed by atoms with Crippen molar-refractivity contribution in [3.63, 3.8) is 0 Å². The molecule has 3 heterocycles. The Morgan fingerprint density at radius 3 is 2.85 bits per heavy atom. The summed E-state index contributed by atoms with van der Waals surface area (Å²) in [5.41, 5.74) is 0.472. The molecule has 100 valence electrons. The molecule has 2 aromatic rings. The molecule has 2 aromatic heterocycles. The molecule has 0 saturated heterocycles. The van der Waals surface area contributed by atoms with Crippen molar-refractivity contribution in [1.82, 2.24) is 9.97 Å². The van der Waals surface area contributed by atoms with Crippen LogP contribution in [0.15, 0.2) is 36.7 Å². The molecule has 20 heavy (non-hydrogen) atoms. The minimum atomic E-state index is -0.303. The van der Waals surface area contributed by atoms with Crippen molar-refractivity contribution in [2.24, 2.45) is 0 Å². The van der Waals surface area contributed by atoms with Crippen LogP contribution in [-0.2, 0) is 4.79 Å². The van der Waals surface area contributed by atoms with Crippen molar-refractivity contribution in [2.45, 2.75) is 0 Å². The summed E-state index contributed by atoms with van der Waals surface area (Å²) < 4.78 is 5.18. The van der Waals surface area contributed by atoms with Crippen molar-refractivity contribution in [1.29, 1.82) is 0 Å². The summed E-state index contributed by atoms with van der Waals surface area (Å²) in [6.07, 6.45) is 3.06. The monoisotopic (exact) mass is 270 g/mol. The van der Waals surface area contributed by atoms with E-state index in [-0.39, 0.29) is 18.4 Å². The van der Waals surface area contributed by atoms with E-state index in [0.29, 0.717) is 22.9 Å². The molecule has 1 aliphatic rings. The molecule has 0 spiro atoms. The Morgan fingerprint density at radius 2 is 2.05 bits per heavy atom. The molecule has 3 rings (SSSR count). The lowest BCUT2D eigenvalue weighted by atomic mass is 10.2. The van der Waals surface area contributed by atoms with Crippen LogP contribution in [0.25, 0.3) is 0 Å². The highest BCUT2D eigenvalue weighted by atomic mass is 16.5.